The maximum Gasteiger partial charge on any atom is 0.339 e. The van der Waals surface area contributed by atoms with E-state index in [0.29, 0.717) is 11.4 Å². The number of nitrogens with two attached hydrogens (primary N) is 1. The van der Waals surface area contributed by atoms with Crippen molar-refractivity contribution in [3.8, 4) is 5.75 Å². The molecule has 0 saturated carbocycles. The Kier molecular flexibility index (Phi) is 7.57. The number of anilines is 1. The van der Waals surface area contributed by atoms with E-state index in [0.717, 1.165) is 30.8 Å². The summed E-state index contributed by atoms with van der Waals surface area (Å²) >= 11 is 0. The van der Waals surface area contributed by atoms with Crippen LogP contribution in [-0.4, -0.2) is 51.0 Å². The Balaban J connectivity index is 0.000000454. The van der Waals surface area contributed by atoms with Crippen molar-refractivity contribution in [2.24, 2.45) is 11.7 Å². The molecular formula is C22H26N6O5. The molecule has 0 radical (unpaired) electrons. The number of nitrogens with one attached hydrogen (secondary N) is 3. The Morgan fingerprint density at radius 3 is 2.76 bits per heavy atom. The molecule has 1 aliphatic rings. The van der Waals surface area contributed by atoms with Crippen LogP contribution >= 0.6 is 0 Å². The highest BCUT2D eigenvalue weighted by Crippen LogP contribution is 2.28. The molecule has 0 fully saturated rings. The van der Waals surface area contributed by atoms with Crippen LogP contribution in [-0.2, 0) is 11.3 Å². The number of nitrogens with zero attached hydrogens (tertiary/aromatic N) is 2. The first-order valence-electron chi connectivity index (χ1n) is 10.4. The third-order valence-corrected chi connectivity index (χ3v) is 4.78. The van der Waals surface area contributed by atoms with Gasteiger partial charge in [0, 0.05) is 12.7 Å². The van der Waals surface area contributed by atoms with Gasteiger partial charge in [-0.25, -0.2) is 14.8 Å². The fourth-order valence-electron chi connectivity index (χ4n) is 3.11. The Morgan fingerprint density at radius 1 is 1.30 bits per heavy atom. The third kappa shape index (κ3) is 5.83. The number of carbonyl (C=O) groups is 3. The molecule has 3 aromatic rings. The quantitative estimate of drug-likeness (QED) is 0.376. The number of aromatic carboxylic acids is 1. The van der Waals surface area contributed by atoms with Gasteiger partial charge in [-0.05, 0) is 36.6 Å². The zero-order chi connectivity index (χ0) is 24.0. The minimum Gasteiger partial charge on any atom is -0.482 e. The predicted molar refractivity (Wildman–Crippen MR) is 121 cm³/mol. The van der Waals surface area contributed by atoms with E-state index in [2.05, 4.69) is 39.4 Å². The van der Waals surface area contributed by atoms with Crippen molar-refractivity contribution in [1.29, 1.82) is 0 Å². The van der Waals surface area contributed by atoms with Crippen molar-refractivity contribution in [2.45, 2.75) is 26.8 Å². The molecule has 2 aromatic heterocycles. The Hall–Kier alpha value is -3.99. The molecule has 174 valence electrons. The van der Waals surface area contributed by atoms with E-state index in [1.165, 1.54) is 6.20 Å². The number of carboxylic acid groups (broad SMARTS) is 1. The maximum atomic E-state index is 12.5. The molecule has 6 N–H and O–H groups in total. The van der Waals surface area contributed by atoms with E-state index in [-0.39, 0.29) is 41.3 Å². The summed E-state index contributed by atoms with van der Waals surface area (Å²) in [6, 6.07) is 5.19. The van der Waals surface area contributed by atoms with Gasteiger partial charge in [0.25, 0.3) is 11.8 Å². The first-order chi connectivity index (χ1) is 15.8. The Bertz CT molecular complexity index is 1170. The summed E-state index contributed by atoms with van der Waals surface area (Å²) in [5.41, 5.74) is 6.94. The van der Waals surface area contributed by atoms with Crippen LogP contribution in [0.3, 0.4) is 0 Å². The molecule has 1 aromatic carbocycles. The Morgan fingerprint density at radius 2 is 2.09 bits per heavy atom. The van der Waals surface area contributed by atoms with Gasteiger partial charge in [-0.2, -0.15) is 0 Å². The van der Waals surface area contributed by atoms with Crippen LogP contribution in [0, 0.1) is 5.92 Å². The largest absolute Gasteiger partial charge is 0.482 e. The number of ether oxygens (including phenoxy) is 1. The molecule has 0 aliphatic carbocycles. The topological polar surface area (TPSA) is 172 Å². The fourth-order valence-corrected chi connectivity index (χ4v) is 3.11. The van der Waals surface area contributed by atoms with E-state index in [1.807, 2.05) is 0 Å². The van der Waals surface area contributed by atoms with Crippen molar-refractivity contribution in [3.05, 3.63) is 47.5 Å². The molecule has 0 bridgehead atoms. The van der Waals surface area contributed by atoms with Crippen LogP contribution < -0.4 is 21.1 Å². The number of H-pyrrole nitrogens is 1. The molecule has 2 amide bonds. The van der Waals surface area contributed by atoms with Gasteiger partial charge >= 0.3 is 5.97 Å². The smallest absolute Gasteiger partial charge is 0.339 e. The molecule has 0 saturated heterocycles. The Labute approximate surface area is 189 Å². The lowest BCUT2D eigenvalue weighted by atomic mass is 10.1. The van der Waals surface area contributed by atoms with E-state index in [1.54, 1.807) is 18.2 Å². The number of aromatic nitrogens is 3. The first kappa shape index (κ1) is 23.7. The number of rotatable bonds is 6. The highest BCUT2D eigenvalue weighted by Gasteiger charge is 2.20. The molecule has 0 spiro atoms. The summed E-state index contributed by atoms with van der Waals surface area (Å²) in [5.74, 6) is -0.540. The van der Waals surface area contributed by atoms with Crippen molar-refractivity contribution >= 4 is 34.5 Å². The first-order valence-corrected chi connectivity index (χ1v) is 10.4. The van der Waals surface area contributed by atoms with Crippen molar-refractivity contribution in [1.82, 2.24) is 20.3 Å². The number of aromatic amines is 1. The summed E-state index contributed by atoms with van der Waals surface area (Å²) in [6.45, 7) is 5.33. The lowest BCUT2D eigenvalue weighted by Crippen LogP contribution is -2.26. The summed E-state index contributed by atoms with van der Waals surface area (Å²) in [4.78, 5) is 45.7. The summed E-state index contributed by atoms with van der Waals surface area (Å²) in [7, 11) is 0. The second kappa shape index (κ2) is 10.6. The summed E-state index contributed by atoms with van der Waals surface area (Å²) in [6.07, 6.45) is 3.56. The second-order valence-corrected chi connectivity index (χ2v) is 7.77. The average Bonchev–Trinajstić information content (AvgIpc) is 3.22. The SMILES string of the molecule is CC(C)CCN.O=C1COc2ccc(CNC(=O)c3ncnc4c(C(=O)O)c[nH]c34)cc2N1. The third-order valence-electron chi connectivity index (χ3n) is 4.78. The van der Waals surface area contributed by atoms with Crippen LogP contribution in [0.1, 0.15) is 46.7 Å². The number of hydrogen-bond donors (Lipinski definition) is 5. The van der Waals surface area contributed by atoms with Gasteiger partial charge in [-0.15, -0.1) is 0 Å². The average molecular weight is 454 g/mol. The molecule has 3 heterocycles. The molecule has 1 aliphatic heterocycles. The van der Waals surface area contributed by atoms with Crippen LogP contribution in [0.15, 0.2) is 30.7 Å². The van der Waals surface area contributed by atoms with Gasteiger partial charge in [0.2, 0.25) is 0 Å². The minimum atomic E-state index is -1.15. The van der Waals surface area contributed by atoms with Crippen LogP contribution in [0.2, 0.25) is 0 Å². The lowest BCUT2D eigenvalue weighted by Gasteiger charge is -2.18. The number of carbonyl (C=O) groups excluding carboxylic acids is 2. The summed E-state index contributed by atoms with van der Waals surface area (Å²) in [5, 5.41) is 14.6. The lowest BCUT2D eigenvalue weighted by molar-refractivity contribution is -0.118. The van der Waals surface area contributed by atoms with Gasteiger partial charge < -0.3 is 31.2 Å². The molecule has 0 atom stereocenters. The zero-order valence-corrected chi connectivity index (χ0v) is 18.3. The van der Waals surface area contributed by atoms with Crippen LogP contribution in [0.4, 0.5) is 5.69 Å². The number of fused-ring (bicyclic) bond motifs is 2. The van der Waals surface area contributed by atoms with Gasteiger partial charge in [-0.3, -0.25) is 9.59 Å². The maximum absolute atomic E-state index is 12.5. The molecule has 4 rings (SSSR count). The predicted octanol–water partition coefficient (Wildman–Crippen LogP) is 1.91. The van der Waals surface area contributed by atoms with Crippen LogP contribution in [0.25, 0.3) is 11.0 Å². The molecule has 0 unspecified atom stereocenters. The van der Waals surface area contributed by atoms with E-state index >= 15 is 0 Å². The number of amides is 2. The molecule has 11 heteroatoms. The number of benzene rings is 1. The van der Waals surface area contributed by atoms with E-state index in [4.69, 9.17) is 15.6 Å². The van der Waals surface area contributed by atoms with Crippen LogP contribution in [0.5, 0.6) is 5.75 Å². The van der Waals surface area contributed by atoms with Gasteiger partial charge in [0.05, 0.1) is 11.2 Å². The highest BCUT2D eigenvalue weighted by molar-refractivity contribution is 6.08. The molecule has 11 nitrogen and oxygen atoms in total. The minimum absolute atomic E-state index is 0.0265. The van der Waals surface area contributed by atoms with Crippen molar-refractivity contribution < 1.29 is 24.2 Å². The molecular weight excluding hydrogens is 428 g/mol. The number of hydrogen-bond acceptors (Lipinski definition) is 7. The fraction of sp³-hybridized carbons (Fsp3) is 0.318. The number of carboxylic acids is 1. The monoisotopic (exact) mass is 454 g/mol. The zero-order valence-electron chi connectivity index (χ0n) is 18.3. The van der Waals surface area contributed by atoms with Gasteiger partial charge in [0.1, 0.15) is 23.2 Å². The van der Waals surface area contributed by atoms with Gasteiger partial charge in [-0.1, -0.05) is 19.9 Å². The van der Waals surface area contributed by atoms with Crippen molar-refractivity contribution in [3.63, 3.8) is 0 Å². The summed E-state index contributed by atoms with van der Waals surface area (Å²) < 4.78 is 5.29. The van der Waals surface area contributed by atoms with Gasteiger partial charge in [0.15, 0.2) is 12.3 Å². The van der Waals surface area contributed by atoms with Crippen molar-refractivity contribution in [2.75, 3.05) is 18.5 Å². The van der Waals surface area contributed by atoms with E-state index in [9.17, 15) is 14.4 Å². The van der Waals surface area contributed by atoms with E-state index < -0.39 is 11.9 Å². The molecule has 33 heavy (non-hydrogen) atoms. The normalized spacial score (nSPS) is 12.3. The second-order valence-electron chi connectivity index (χ2n) is 7.77. The highest BCUT2D eigenvalue weighted by atomic mass is 16.5. The standard InChI is InChI=1S/C17H13N5O5.C5H13N/c23-12-6-27-11-2-1-8(3-10(11)22-12)4-19-16(24)15-14-13(20-7-21-15)9(5-18-14)17(25)26;1-5(2)3-4-6/h1-3,5,7,18H,4,6H2,(H,19,24)(H,22,23)(H,25,26);5H,3-4,6H2,1-2H3.